The minimum Gasteiger partial charge on any atom is -0.324 e. The van der Waals surface area contributed by atoms with Gasteiger partial charge >= 0.3 is 0 Å². The van der Waals surface area contributed by atoms with Crippen LogP contribution in [0.25, 0.3) is 0 Å². The molecular weight excluding hydrogens is 131 g/mol. The van der Waals surface area contributed by atoms with E-state index in [2.05, 4.69) is 0 Å². The molecule has 54 valence electrons. The highest BCUT2D eigenvalue weighted by atomic mass is 31.2. The number of rotatable bonds is 2. The molecule has 0 heterocycles. The first kappa shape index (κ1) is 9.23. The van der Waals surface area contributed by atoms with Crippen LogP contribution in [0.3, 0.4) is 0 Å². The van der Waals surface area contributed by atoms with E-state index < -0.39 is 7.14 Å². The van der Waals surface area contributed by atoms with Crippen molar-refractivity contribution in [1.29, 1.82) is 0 Å². The van der Waals surface area contributed by atoms with E-state index in [0.29, 0.717) is 5.92 Å². The van der Waals surface area contributed by atoms with Gasteiger partial charge in [-0.3, -0.25) is 0 Å². The van der Waals surface area contributed by atoms with Crippen molar-refractivity contribution in [3.8, 4) is 0 Å². The maximum absolute atomic E-state index is 11.2. The summed E-state index contributed by atoms with van der Waals surface area (Å²) < 4.78 is 11.2. The molecule has 1 atom stereocenters. The fraction of sp³-hybridized carbons (Fsp3) is 0.857. The molecule has 0 aromatic rings. The summed E-state index contributed by atoms with van der Waals surface area (Å²) in [6.07, 6.45) is 0. The van der Waals surface area contributed by atoms with Gasteiger partial charge in [-0.25, -0.2) is 0 Å². The molecule has 9 heavy (non-hydrogen) atoms. The van der Waals surface area contributed by atoms with Crippen LogP contribution in [0.5, 0.6) is 0 Å². The summed E-state index contributed by atoms with van der Waals surface area (Å²) in [6.45, 7) is 13.1. The molecule has 0 rings (SSSR count). The maximum atomic E-state index is 11.2. The highest BCUT2D eigenvalue weighted by molar-refractivity contribution is 7.63. The zero-order chi connectivity index (χ0) is 7.65. The number of hydrogen-bond donors (Lipinski definition) is 0. The van der Waals surface area contributed by atoms with E-state index in [1.165, 1.54) is 0 Å². The Morgan fingerprint density at radius 2 is 1.67 bits per heavy atom. The normalized spacial score (nSPS) is 16.2. The van der Waals surface area contributed by atoms with Gasteiger partial charge in [-0.15, -0.1) is 0 Å². The van der Waals surface area contributed by atoms with Gasteiger partial charge in [0.25, 0.3) is 0 Å². The first-order chi connectivity index (χ1) is 3.85. The van der Waals surface area contributed by atoms with Gasteiger partial charge in [-0.2, -0.15) is 0 Å². The highest BCUT2D eigenvalue weighted by Gasteiger charge is 2.20. The van der Waals surface area contributed by atoms with Crippen molar-refractivity contribution in [2.24, 2.45) is 5.92 Å². The van der Waals surface area contributed by atoms with Crippen LogP contribution in [0.15, 0.2) is 0 Å². The van der Waals surface area contributed by atoms with Gasteiger partial charge in [0.05, 0.1) is 7.14 Å². The van der Waals surface area contributed by atoms with Crippen molar-refractivity contribution in [1.82, 2.24) is 0 Å². The topological polar surface area (TPSA) is 17.1 Å². The van der Waals surface area contributed by atoms with E-state index in [9.17, 15) is 4.57 Å². The Kier molecular flexibility index (Phi) is 2.95. The Hall–Kier alpha value is 0.230. The molecule has 2 heteroatoms. The molecule has 2 radical (unpaired) electrons. The predicted octanol–water partition coefficient (Wildman–Crippen LogP) is 2.34. The molecule has 0 amide bonds. The molecule has 0 saturated carbocycles. The largest absolute Gasteiger partial charge is 0.324 e. The van der Waals surface area contributed by atoms with Crippen molar-refractivity contribution < 1.29 is 4.57 Å². The lowest BCUT2D eigenvalue weighted by atomic mass is 10.2. The summed E-state index contributed by atoms with van der Waals surface area (Å²) in [4.78, 5) is 0. The van der Waals surface area contributed by atoms with E-state index >= 15 is 0 Å². The second kappa shape index (κ2) is 2.88. The van der Waals surface area contributed by atoms with Crippen LogP contribution in [0.1, 0.15) is 13.8 Å². The second-order valence-corrected chi connectivity index (χ2v) is 6.63. The highest BCUT2D eigenvalue weighted by Crippen LogP contribution is 2.45. The molecule has 0 fully saturated rings. The van der Waals surface area contributed by atoms with E-state index in [4.69, 9.17) is 6.92 Å². The van der Waals surface area contributed by atoms with Crippen LogP contribution in [0.2, 0.25) is 0 Å². The van der Waals surface area contributed by atoms with Gasteiger partial charge in [-0.05, 0) is 26.2 Å². The lowest BCUT2D eigenvalue weighted by Gasteiger charge is -2.19. The van der Waals surface area contributed by atoms with Gasteiger partial charge in [0.2, 0.25) is 0 Å². The lowest BCUT2D eigenvalue weighted by molar-refractivity contribution is 0.557. The van der Waals surface area contributed by atoms with Crippen LogP contribution in [0, 0.1) is 12.8 Å². The average molecular weight is 146 g/mol. The molecule has 0 spiro atoms. The van der Waals surface area contributed by atoms with Crippen molar-refractivity contribution in [2.45, 2.75) is 19.5 Å². The summed E-state index contributed by atoms with van der Waals surface area (Å²) in [6, 6.07) is 0. The van der Waals surface area contributed by atoms with Crippen molar-refractivity contribution in [2.75, 3.05) is 13.3 Å². The molecule has 0 bridgehead atoms. The quantitative estimate of drug-likeness (QED) is 0.546. The van der Waals surface area contributed by atoms with Crippen molar-refractivity contribution >= 4 is 7.14 Å². The summed E-state index contributed by atoms with van der Waals surface area (Å²) in [5.74, 6) is 0.325. The molecule has 0 aromatic heterocycles. The monoisotopic (exact) mass is 146 g/mol. The van der Waals surface area contributed by atoms with Gasteiger partial charge in [0.15, 0.2) is 0 Å². The van der Waals surface area contributed by atoms with Gasteiger partial charge in [0.1, 0.15) is 0 Å². The van der Waals surface area contributed by atoms with Gasteiger partial charge in [-0.1, -0.05) is 13.8 Å². The van der Waals surface area contributed by atoms with Crippen LogP contribution < -0.4 is 0 Å². The maximum Gasteiger partial charge on any atom is 0.0853 e. The molecule has 0 saturated heterocycles. The zero-order valence-electron chi connectivity index (χ0n) is 6.59. The van der Waals surface area contributed by atoms with Gasteiger partial charge in [0, 0.05) is 5.66 Å². The molecular formula is C7H15OP. The van der Waals surface area contributed by atoms with E-state index in [-0.39, 0.29) is 5.66 Å². The average Bonchev–Trinajstić information content (AvgIpc) is 1.62. The Morgan fingerprint density at radius 3 is 1.67 bits per heavy atom. The SMILES string of the molecule is [CH]C(C(C)C)P(C)(C)=O. The molecule has 0 aliphatic carbocycles. The van der Waals surface area contributed by atoms with Crippen LogP contribution in [-0.2, 0) is 4.57 Å². The Labute approximate surface area is 58.2 Å². The Bertz CT molecular complexity index is 123. The zero-order valence-corrected chi connectivity index (χ0v) is 7.48. The summed E-state index contributed by atoms with van der Waals surface area (Å²) in [5.41, 5.74) is -0.127. The minimum absolute atomic E-state index is 0.127. The molecule has 0 aliphatic heterocycles. The summed E-state index contributed by atoms with van der Waals surface area (Å²) in [7, 11) is -2.04. The van der Waals surface area contributed by atoms with E-state index in [0.717, 1.165) is 0 Å². The molecule has 0 N–H and O–H groups in total. The third kappa shape index (κ3) is 3.05. The summed E-state index contributed by atoms with van der Waals surface area (Å²) >= 11 is 0. The predicted molar refractivity (Wildman–Crippen MR) is 42.4 cm³/mol. The fourth-order valence-corrected chi connectivity index (χ4v) is 2.15. The molecule has 0 aromatic carbocycles. The van der Waals surface area contributed by atoms with E-state index in [1.807, 2.05) is 13.8 Å². The lowest BCUT2D eigenvalue weighted by Crippen LogP contribution is -2.10. The van der Waals surface area contributed by atoms with Crippen LogP contribution >= 0.6 is 7.14 Å². The van der Waals surface area contributed by atoms with Crippen LogP contribution in [-0.4, -0.2) is 19.0 Å². The minimum atomic E-state index is -2.04. The standard InChI is InChI=1S/C7H15OP/c1-6(2)7(3)9(4,5)8/h3,6-7H,1-2,4-5H3. The number of hydrogen-bond acceptors (Lipinski definition) is 1. The first-order valence-electron chi connectivity index (χ1n) is 3.16. The third-order valence-electron chi connectivity index (χ3n) is 1.40. The second-order valence-electron chi connectivity index (χ2n) is 3.17. The molecule has 1 nitrogen and oxygen atoms in total. The first-order valence-corrected chi connectivity index (χ1v) is 5.83. The Morgan fingerprint density at radius 1 is 1.33 bits per heavy atom. The van der Waals surface area contributed by atoms with E-state index in [1.54, 1.807) is 13.3 Å². The Balaban J connectivity index is 4.05. The summed E-state index contributed by atoms with van der Waals surface area (Å²) in [5, 5.41) is 0. The third-order valence-corrected chi connectivity index (χ3v) is 3.43. The fourth-order valence-electron chi connectivity index (χ4n) is 0.718. The molecule has 0 aliphatic rings. The van der Waals surface area contributed by atoms with Gasteiger partial charge < -0.3 is 4.57 Å². The van der Waals surface area contributed by atoms with Crippen molar-refractivity contribution in [3.63, 3.8) is 0 Å². The smallest absolute Gasteiger partial charge is 0.0853 e. The molecule has 1 unspecified atom stereocenters. The van der Waals surface area contributed by atoms with Crippen molar-refractivity contribution in [3.05, 3.63) is 6.92 Å². The van der Waals surface area contributed by atoms with Crippen LogP contribution in [0.4, 0.5) is 0 Å².